The molecule has 0 heterocycles. The first kappa shape index (κ1) is 14.6. The fraction of sp³-hybridized carbons (Fsp3) is 0.100. The highest BCUT2D eigenvalue weighted by molar-refractivity contribution is 14.1. The zero-order chi connectivity index (χ0) is 13.9. The Bertz CT molecular complexity index is 508. The molecule has 4 nitrogen and oxygen atoms in total. The Kier molecular flexibility index (Phi) is 4.43. The first-order valence-corrected chi connectivity index (χ1v) is 5.53. The van der Waals surface area contributed by atoms with Gasteiger partial charge in [0.2, 0.25) is 0 Å². The van der Waals surface area contributed by atoms with E-state index < -0.39 is 20.5 Å². The summed E-state index contributed by atoms with van der Waals surface area (Å²) in [5.74, 6) is -1.94. The van der Waals surface area contributed by atoms with Crippen LogP contribution < -0.4 is 0 Å². The van der Waals surface area contributed by atoms with Gasteiger partial charge in [-0.1, -0.05) is 0 Å². The monoisotopic (exact) mass is 371 g/mol. The maximum atomic E-state index is 12.1. The summed E-state index contributed by atoms with van der Waals surface area (Å²) in [5, 5.41) is 10.4. The van der Waals surface area contributed by atoms with Crippen LogP contribution in [0.4, 0.5) is 18.9 Å². The molecular weight excluding hydrogens is 366 g/mol. The lowest BCUT2D eigenvalue weighted by atomic mass is 10.2. The first-order valence-electron chi connectivity index (χ1n) is 4.45. The molecular formula is C10H5F3INO3. The van der Waals surface area contributed by atoms with Gasteiger partial charge >= 0.3 is 6.18 Å². The Morgan fingerprint density at radius 1 is 1.28 bits per heavy atom. The topological polar surface area (TPSA) is 60.2 Å². The fourth-order valence-corrected chi connectivity index (χ4v) is 1.70. The minimum Gasteiger partial charge on any atom is -0.283 e. The number of Topliss-reactive ketones (excluding diaryl/α,β-unsaturated/α-hetero) is 1. The summed E-state index contributed by atoms with van der Waals surface area (Å²) in [5.41, 5.74) is 0.104. The lowest BCUT2D eigenvalue weighted by Crippen LogP contribution is -2.22. The van der Waals surface area contributed by atoms with Crippen molar-refractivity contribution >= 4 is 40.1 Å². The molecule has 0 bridgehead atoms. The summed E-state index contributed by atoms with van der Waals surface area (Å²) in [6.45, 7) is 0. The first-order chi connectivity index (χ1) is 8.21. The number of hydrogen-bond donors (Lipinski definition) is 0. The predicted octanol–water partition coefficient (Wildman–Crippen LogP) is 3.50. The van der Waals surface area contributed by atoms with Gasteiger partial charge in [0.05, 0.1) is 8.50 Å². The molecule has 1 aromatic carbocycles. The molecule has 0 spiro atoms. The Balaban J connectivity index is 2.96. The van der Waals surface area contributed by atoms with Gasteiger partial charge in [0.1, 0.15) is 0 Å². The molecule has 0 aromatic heterocycles. The van der Waals surface area contributed by atoms with E-state index in [0.29, 0.717) is 0 Å². The van der Waals surface area contributed by atoms with Gasteiger partial charge in [0, 0.05) is 12.1 Å². The van der Waals surface area contributed by atoms with Crippen molar-refractivity contribution in [2.24, 2.45) is 0 Å². The summed E-state index contributed by atoms with van der Waals surface area (Å²) >= 11 is 1.28. The molecule has 8 heteroatoms. The lowest BCUT2D eigenvalue weighted by Gasteiger charge is -2.03. The largest absolute Gasteiger partial charge is 0.455 e. The number of carbonyl (C=O) groups is 1. The van der Waals surface area contributed by atoms with Crippen molar-refractivity contribution in [1.29, 1.82) is 0 Å². The molecule has 0 saturated heterocycles. The van der Waals surface area contributed by atoms with E-state index in [0.717, 1.165) is 18.2 Å². The van der Waals surface area contributed by atoms with Crippen LogP contribution in [0.15, 0.2) is 27.8 Å². The second kappa shape index (κ2) is 5.46. The Hall–Kier alpha value is -1.45. The number of nitrogens with zero attached hydrogens (tertiary/aromatic N) is 1. The SMILES string of the molecule is O=C(/C(I)=C/c1ccc([N+](=O)[O-])cc1)C(F)(F)F. The third kappa shape index (κ3) is 3.79. The molecule has 0 saturated carbocycles. The number of nitro groups is 1. The van der Waals surface area contributed by atoms with Crippen molar-refractivity contribution in [2.75, 3.05) is 0 Å². The van der Waals surface area contributed by atoms with Crippen molar-refractivity contribution in [3.8, 4) is 0 Å². The van der Waals surface area contributed by atoms with Gasteiger partial charge in [-0.2, -0.15) is 13.2 Å². The number of rotatable bonds is 3. The molecule has 0 aliphatic carbocycles. The summed E-state index contributed by atoms with van der Waals surface area (Å²) in [4.78, 5) is 20.6. The van der Waals surface area contributed by atoms with Crippen molar-refractivity contribution in [3.63, 3.8) is 0 Å². The van der Waals surface area contributed by atoms with Crippen LogP contribution in [0.25, 0.3) is 6.08 Å². The van der Waals surface area contributed by atoms with Gasteiger partial charge in [0.15, 0.2) is 0 Å². The third-order valence-corrected chi connectivity index (χ3v) is 2.67. The number of halogens is 4. The molecule has 0 atom stereocenters. The smallest absolute Gasteiger partial charge is 0.283 e. The summed E-state index contributed by atoms with van der Waals surface area (Å²) < 4.78 is 35.8. The molecule has 0 N–H and O–H groups in total. The number of benzene rings is 1. The van der Waals surface area contributed by atoms with E-state index in [1.165, 1.54) is 34.7 Å². The Morgan fingerprint density at radius 3 is 2.17 bits per heavy atom. The van der Waals surface area contributed by atoms with E-state index in [1.54, 1.807) is 0 Å². The van der Waals surface area contributed by atoms with Crippen molar-refractivity contribution in [2.45, 2.75) is 6.18 Å². The number of ketones is 1. The van der Waals surface area contributed by atoms with Crippen molar-refractivity contribution in [1.82, 2.24) is 0 Å². The minimum absolute atomic E-state index is 0.177. The van der Waals surface area contributed by atoms with Gasteiger partial charge in [-0.3, -0.25) is 14.9 Å². The van der Waals surface area contributed by atoms with Gasteiger partial charge in [-0.05, 0) is 46.4 Å². The summed E-state index contributed by atoms with van der Waals surface area (Å²) in [7, 11) is 0. The second-order valence-corrected chi connectivity index (χ2v) is 4.33. The molecule has 0 aliphatic rings. The van der Waals surface area contributed by atoms with Gasteiger partial charge in [-0.15, -0.1) is 0 Å². The van der Waals surface area contributed by atoms with Crippen molar-refractivity contribution < 1.29 is 22.9 Å². The molecule has 0 aliphatic heterocycles. The zero-order valence-corrected chi connectivity index (χ0v) is 10.7. The molecule has 18 heavy (non-hydrogen) atoms. The van der Waals surface area contributed by atoms with E-state index >= 15 is 0 Å². The number of nitro benzene ring substituents is 1. The molecule has 96 valence electrons. The number of alkyl halides is 3. The lowest BCUT2D eigenvalue weighted by molar-refractivity contribution is -0.384. The van der Waals surface area contributed by atoms with Crippen LogP contribution >= 0.6 is 22.6 Å². The zero-order valence-electron chi connectivity index (χ0n) is 8.57. The Labute approximate surface area is 113 Å². The average molecular weight is 371 g/mol. The predicted molar refractivity (Wildman–Crippen MR) is 66.2 cm³/mol. The number of carbonyl (C=O) groups excluding carboxylic acids is 1. The second-order valence-electron chi connectivity index (χ2n) is 3.17. The number of hydrogen-bond acceptors (Lipinski definition) is 3. The maximum Gasteiger partial charge on any atom is 0.455 e. The van der Waals surface area contributed by atoms with E-state index in [1.807, 2.05) is 0 Å². The van der Waals surface area contributed by atoms with Crippen LogP contribution in [0.3, 0.4) is 0 Å². The van der Waals surface area contributed by atoms with Crippen molar-refractivity contribution in [3.05, 3.63) is 43.5 Å². The molecule has 0 amide bonds. The standard InChI is InChI=1S/C10H5F3INO3/c11-10(12,13)9(16)8(14)5-6-1-3-7(4-2-6)15(17)18/h1-5H/b8-5-. The normalized spacial score (nSPS) is 12.3. The fourth-order valence-electron chi connectivity index (χ4n) is 1.04. The van der Waals surface area contributed by atoms with Crippen LogP contribution in [0.2, 0.25) is 0 Å². The van der Waals surface area contributed by atoms with Crippen LogP contribution in [-0.2, 0) is 4.79 Å². The maximum absolute atomic E-state index is 12.1. The van der Waals surface area contributed by atoms with Crippen LogP contribution in [0.1, 0.15) is 5.56 Å². The highest BCUT2D eigenvalue weighted by Crippen LogP contribution is 2.26. The van der Waals surface area contributed by atoms with Gasteiger partial charge in [-0.25, -0.2) is 0 Å². The number of allylic oxidation sites excluding steroid dienone is 1. The summed E-state index contributed by atoms with van der Waals surface area (Å²) in [6.07, 6.45) is -3.91. The minimum atomic E-state index is -4.92. The summed E-state index contributed by atoms with van der Waals surface area (Å²) in [6, 6.07) is 4.82. The Morgan fingerprint density at radius 2 is 1.78 bits per heavy atom. The molecule has 0 unspecified atom stereocenters. The van der Waals surface area contributed by atoms with Crippen LogP contribution in [-0.4, -0.2) is 16.9 Å². The van der Waals surface area contributed by atoms with Gasteiger partial charge < -0.3 is 0 Å². The quantitative estimate of drug-likeness (QED) is 0.354. The molecule has 1 rings (SSSR count). The highest BCUT2D eigenvalue weighted by Gasteiger charge is 2.39. The highest BCUT2D eigenvalue weighted by atomic mass is 127. The van der Waals surface area contributed by atoms with E-state index in [-0.39, 0.29) is 11.3 Å². The van der Waals surface area contributed by atoms with Crippen LogP contribution in [0.5, 0.6) is 0 Å². The third-order valence-electron chi connectivity index (χ3n) is 1.87. The van der Waals surface area contributed by atoms with E-state index in [4.69, 9.17) is 0 Å². The molecule has 0 fully saturated rings. The molecule has 1 aromatic rings. The van der Waals surface area contributed by atoms with Crippen LogP contribution in [0, 0.1) is 10.1 Å². The average Bonchev–Trinajstić information content (AvgIpc) is 2.27. The van der Waals surface area contributed by atoms with E-state index in [2.05, 4.69) is 0 Å². The van der Waals surface area contributed by atoms with E-state index in [9.17, 15) is 28.1 Å². The molecule has 0 radical (unpaired) electrons. The number of non-ortho nitro benzene ring substituents is 1. The van der Waals surface area contributed by atoms with Gasteiger partial charge in [0.25, 0.3) is 11.5 Å².